The molecule has 4 heteroatoms. The van der Waals surface area contributed by atoms with E-state index in [9.17, 15) is 15.0 Å². The molecule has 0 saturated carbocycles. The second-order valence-electron chi connectivity index (χ2n) is 22.5. The molecule has 2 unspecified atom stereocenters. The van der Waals surface area contributed by atoms with Gasteiger partial charge < -0.3 is 15.5 Å². The zero-order chi connectivity index (χ0) is 49.9. The van der Waals surface area contributed by atoms with Crippen LogP contribution in [0.4, 0.5) is 0 Å². The molecule has 412 valence electrons. The molecule has 2 atom stereocenters. The molecule has 0 fully saturated rings. The fourth-order valence-electron chi connectivity index (χ4n) is 10.6. The van der Waals surface area contributed by atoms with Crippen LogP contribution >= 0.6 is 0 Å². The Labute approximate surface area is 435 Å². The third-order valence-corrected chi connectivity index (χ3v) is 15.5. The van der Waals surface area contributed by atoms with Gasteiger partial charge in [0, 0.05) is 6.42 Å². The molecule has 0 heterocycles. The van der Waals surface area contributed by atoms with Crippen LogP contribution in [0.1, 0.15) is 380 Å². The Morgan fingerprint density at radius 2 is 0.551 bits per heavy atom. The van der Waals surface area contributed by atoms with Gasteiger partial charge in [0.15, 0.2) is 0 Å². The average molecular weight is 973 g/mol. The van der Waals surface area contributed by atoms with E-state index in [-0.39, 0.29) is 12.5 Å². The molecular formula is C65H129NO3. The second kappa shape index (κ2) is 61.4. The molecule has 0 aromatic heterocycles. The largest absolute Gasteiger partial charge is 0.394 e. The number of carbonyl (C=O) groups is 1. The summed E-state index contributed by atoms with van der Waals surface area (Å²) in [7, 11) is 0. The zero-order valence-electron chi connectivity index (χ0n) is 47.6. The Bertz CT molecular complexity index is 967. The molecular weight excluding hydrogens is 843 g/mol. The zero-order valence-corrected chi connectivity index (χ0v) is 47.6. The van der Waals surface area contributed by atoms with Gasteiger partial charge in [0.25, 0.3) is 0 Å². The number of allylic oxidation sites excluding steroid dienone is 2. The molecule has 0 aromatic rings. The van der Waals surface area contributed by atoms with Crippen molar-refractivity contribution in [1.29, 1.82) is 0 Å². The first-order chi connectivity index (χ1) is 34.2. The van der Waals surface area contributed by atoms with Gasteiger partial charge in [-0.25, -0.2) is 0 Å². The average Bonchev–Trinajstić information content (AvgIpc) is 3.35. The molecule has 0 rings (SSSR count). The summed E-state index contributed by atoms with van der Waals surface area (Å²) in [5.41, 5.74) is 0. The monoisotopic (exact) mass is 972 g/mol. The molecule has 0 aromatic carbocycles. The van der Waals surface area contributed by atoms with Crippen LogP contribution < -0.4 is 5.32 Å². The summed E-state index contributed by atoms with van der Waals surface area (Å²) in [6, 6.07) is -0.534. The molecule has 0 radical (unpaired) electrons. The van der Waals surface area contributed by atoms with Gasteiger partial charge in [-0.1, -0.05) is 347 Å². The number of carbonyl (C=O) groups excluding carboxylic acids is 1. The lowest BCUT2D eigenvalue weighted by Gasteiger charge is -2.22. The highest BCUT2D eigenvalue weighted by molar-refractivity contribution is 5.76. The van der Waals surface area contributed by atoms with E-state index >= 15 is 0 Å². The van der Waals surface area contributed by atoms with E-state index in [1.807, 2.05) is 0 Å². The SMILES string of the molecule is CCCCCCCCCC/C=C\CCCCCCCCCCCCCCCCCCCC(=O)NC(CO)C(O)CCCCCCCCCCCCCCCCCCCCCCCCCCCCCC. The Morgan fingerprint density at radius 3 is 0.797 bits per heavy atom. The quantitative estimate of drug-likeness (QED) is 0.0420. The molecule has 69 heavy (non-hydrogen) atoms. The van der Waals surface area contributed by atoms with Gasteiger partial charge in [0.2, 0.25) is 5.91 Å². The van der Waals surface area contributed by atoms with Crippen molar-refractivity contribution in [3.63, 3.8) is 0 Å². The summed E-state index contributed by atoms with van der Waals surface area (Å²) in [6.45, 7) is 4.41. The van der Waals surface area contributed by atoms with Crippen LogP contribution in [0, 0.1) is 0 Å². The molecule has 0 aliphatic rings. The van der Waals surface area contributed by atoms with E-state index in [4.69, 9.17) is 0 Å². The highest BCUT2D eigenvalue weighted by atomic mass is 16.3. The lowest BCUT2D eigenvalue weighted by molar-refractivity contribution is -0.123. The number of unbranched alkanes of at least 4 members (excludes halogenated alkanes) is 52. The van der Waals surface area contributed by atoms with Crippen LogP contribution in [-0.4, -0.2) is 34.9 Å². The predicted molar refractivity (Wildman–Crippen MR) is 309 cm³/mol. The van der Waals surface area contributed by atoms with E-state index in [1.54, 1.807) is 0 Å². The number of hydrogen-bond acceptors (Lipinski definition) is 3. The molecule has 0 aliphatic carbocycles. The van der Waals surface area contributed by atoms with Crippen LogP contribution in [-0.2, 0) is 4.79 Å². The minimum absolute atomic E-state index is 0.0220. The van der Waals surface area contributed by atoms with Crippen LogP contribution in [0.5, 0.6) is 0 Å². The Kier molecular flexibility index (Phi) is 60.7. The first kappa shape index (κ1) is 68.1. The first-order valence-electron chi connectivity index (χ1n) is 32.4. The van der Waals surface area contributed by atoms with Gasteiger partial charge in [-0.15, -0.1) is 0 Å². The maximum Gasteiger partial charge on any atom is 0.220 e. The van der Waals surface area contributed by atoms with Gasteiger partial charge in [-0.3, -0.25) is 4.79 Å². The van der Waals surface area contributed by atoms with Gasteiger partial charge in [-0.05, 0) is 38.5 Å². The smallest absolute Gasteiger partial charge is 0.220 e. The van der Waals surface area contributed by atoms with Gasteiger partial charge in [0.05, 0.1) is 18.8 Å². The van der Waals surface area contributed by atoms with Crippen molar-refractivity contribution in [1.82, 2.24) is 5.32 Å². The minimum Gasteiger partial charge on any atom is -0.394 e. The van der Waals surface area contributed by atoms with E-state index < -0.39 is 12.1 Å². The minimum atomic E-state index is -0.658. The third-order valence-electron chi connectivity index (χ3n) is 15.5. The van der Waals surface area contributed by atoms with E-state index in [1.165, 1.54) is 327 Å². The lowest BCUT2D eigenvalue weighted by atomic mass is 10.0. The number of amides is 1. The summed E-state index contributed by atoms with van der Waals surface area (Å²) < 4.78 is 0. The molecule has 0 spiro atoms. The van der Waals surface area contributed by atoms with Crippen molar-refractivity contribution in [2.75, 3.05) is 6.61 Å². The number of aliphatic hydroxyl groups is 2. The van der Waals surface area contributed by atoms with Crippen LogP contribution in [0.3, 0.4) is 0 Å². The molecule has 3 N–H and O–H groups in total. The lowest BCUT2D eigenvalue weighted by Crippen LogP contribution is -2.45. The van der Waals surface area contributed by atoms with E-state index in [2.05, 4.69) is 31.3 Å². The van der Waals surface area contributed by atoms with Crippen molar-refractivity contribution in [3.05, 3.63) is 12.2 Å². The summed E-state index contributed by atoms with van der Waals surface area (Å²) in [4.78, 5) is 12.5. The van der Waals surface area contributed by atoms with Gasteiger partial charge >= 0.3 is 0 Å². The highest BCUT2D eigenvalue weighted by Gasteiger charge is 2.20. The molecule has 0 bridgehead atoms. The summed E-state index contributed by atoms with van der Waals surface area (Å²) in [5, 5.41) is 23.4. The normalized spacial score (nSPS) is 12.7. The van der Waals surface area contributed by atoms with E-state index in [0.29, 0.717) is 12.8 Å². The van der Waals surface area contributed by atoms with Crippen molar-refractivity contribution in [2.24, 2.45) is 0 Å². The maximum absolute atomic E-state index is 12.5. The van der Waals surface area contributed by atoms with Gasteiger partial charge in [0.1, 0.15) is 0 Å². The topological polar surface area (TPSA) is 69.6 Å². The number of rotatable bonds is 61. The Morgan fingerprint density at radius 1 is 0.333 bits per heavy atom. The van der Waals surface area contributed by atoms with Crippen LogP contribution in [0.15, 0.2) is 12.2 Å². The van der Waals surface area contributed by atoms with Crippen LogP contribution in [0.2, 0.25) is 0 Å². The summed E-state index contributed by atoms with van der Waals surface area (Å²) >= 11 is 0. The number of aliphatic hydroxyl groups excluding tert-OH is 2. The Balaban J connectivity index is 3.39. The summed E-state index contributed by atoms with van der Waals surface area (Å²) in [6.07, 6.45) is 81.0. The number of nitrogens with one attached hydrogen (secondary N) is 1. The predicted octanol–water partition coefficient (Wildman–Crippen LogP) is 21.7. The molecule has 0 aliphatic heterocycles. The molecule has 4 nitrogen and oxygen atoms in total. The fraction of sp³-hybridized carbons (Fsp3) is 0.954. The standard InChI is InChI=1S/C65H129NO3/c1-3-5-7-9-11-13-15-17-19-21-23-25-27-29-31-33-35-37-39-41-43-45-47-49-51-53-55-57-59-61-65(69)66-63(62-67)64(68)60-58-56-54-52-50-48-46-44-42-40-38-36-34-32-30-28-26-24-22-20-18-16-14-12-10-8-6-4-2/h21,23,63-64,67-68H,3-20,22,24-62H2,1-2H3,(H,66,69)/b23-21-. The highest BCUT2D eigenvalue weighted by Crippen LogP contribution is 2.19. The van der Waals surface area contributed by atoms with Crippen molar-refractivity contribution in [3.8, 4) is 0 Å². The third kappa shape index (κ3) is 57.9. The van der Waals surface area contributed by atoms with Crippen molar-refractivity contribution >= 4 is 5.91 Å². The molecule has 0 saturated heterocycles. The van der Waals surface area contributed by atoms with Crippen molar-refractivity contribution < 1.29 is 15.0 Å². The first-order valence-corrected chi connectivity index (χ1v) is 32.4. The van der Waals surface area contributed by atoms with E-state index in [0.717, 1.165) is 25.7 Å². The maximum atomic E-state index is 12.5. The molecule has 1 amide bonds. The van der Waals surface area contributed by atoms with Crippen molar-refractivity contribution in [2.45, 2.75) is 392 Å². The fourth-order valence-corrected chi connectivity index (χ4v) is 10.6. The van der Waals surface area contributed by atoms with Crippen LogP contribution in [0.25, 0.3) is 0 Å². The Hall–Kier alpha value is -0.870. The van der Waals surface area contributed by atoms with Gasteiger partial charge in [-0.2, -0.15) is 0 Å². The number of hydrogen-bond donors (Lipinski definition) is 3. The summed E-state index contributed by atoms with van der Waals surface area (Å²) in [5.74, 6) is -0.0220. The second-order valence-corrected chi connectivity index (χ2v) is 22.5.